The molecule has 0 aliphatic carbocycles. The van der Waals surface area contributed by atoms with Gasteiger partial charge < -0.3 is 4.90 Å². The summed E-state index contributed by atoms with van der Waals surface area (Å²) in [5.41, 5.74) is 1.68. The molecular formula is C17H23NO. The molecule has 102 valence electrons. The quantitative estimate of drug-likeness (QED) is 0.759. The Morgan fingerprint density at radius 3 is 2.42 bits per heavy atom. The van der Waals surface area contributed by atoms with Crippen molar-refractivity contribution in [2.75, 3.05) is 13.1 Å². The van der Waals surface area contributed by atoms with E-state index in [1.807, 2.05) is 17.9 Å². The molecular weight excluding hydrogens is 234 g/mol. The second kappa shape index (κ2) is 6.05. The van der Waals surface area contributed by atoms with Gasteiger partial charge in [-0.3, -0.25) is 4.79 Å². The zero-order valence-electron chi connectivity index (χ0n) is 11.9. The Kier molecular flexibility index (Phi) is 4.41. The first-order chi connectivity index (χ1) is 9.22. The molecule has 2 nitrogen and oxygen atoms in total. The zero-order valence-corrected chi connectivity index (χ0v) is 11.9. The Morgan fingerprint density at radius 1 is 1.26 bits per heavy atom. The summed E-state index contributed by atoms with van der Waals surface area (Å²) < 4.78 is 0. The van der Waals surface area contributed by atoms with Gasteiger partial charge in [0.1, 0.15) is 0 Å². The first kappa shape index (κ1) is 13.9. The number of hydrogen-bond donors (Lipinski definition) is 0. The van der Waals surface area contributed by atoms with Crippen LogP contribution in [0.25, 0.3) is 0 Å². The third-order valence-electron chi connectivity index (χ3n) is 4.40. The largest absolute Gasteiger partial charge is 0.339 e. The van der Waals surface area contributed by atoms with Gasteiger partial charge in [-0.15, -0.1) is 0 Å². The van der Waals surface area contributed by atoms with Crippen LogP contribution >= 0.6 is 0 Å². The maximum atomic E-state index is 11.9. The second-order valence-corrected chi connectivity index (χ2v) is 5.33. The van der Waals surface area contributed by atoms with Crippen molar-refractivity contribution in [2.45, 2.75) is 38.5 Å². The van der Waals surface area contributed by atoms with Crippen LogP contribution in [0.4, 0.5) is 0 Å². The number of amides is 1. The smallest absolute Gasteiger partial charge is 0.246 e. The molecule has 0 radical (unpaired) electrons. The lowest BCUT2D eigenvalue weighted by atomic mass is 9.71. The van der Waals surface area contributed by atoms with E-state index < -0.39 is 0 Å². The fourth-order valence-electron chi connectivity index (χ4n) is 3.04. The van der Waals surface area contributed by atoms with Gasteiger partial charge in [-0.2, -0.15) is 0 Å². The monoisotopic (exact) mass is 257 g/mol. The highest BCUT2D eigenvalue weighted by molar-refractivity contribution is 5.87. The van der Waals surface area contributed by atoms with Gasteiger partial charge in [0.15, 0.2) is 0 Å². The highest BCUT2D eigenvalue weighted by Gasteiger charge is 2.35. The summed E-state index contributed by atoms with van der Waals surface area (Å²) in [5.74, 6) is 0.153. The fourth-order valence-corrected chi connectivity index (χ4v) is 3.04. The Morgan fingerprint density at radius 2 is 1.89 bits per heavy atom. The van der Waals surface area contributed by atoms with E-state index in [1.165, 1.54) is 5.56 Å². The van der Waals surface area contributed by atoms with Gasteiger partial charge in [0.2, 0.25) is 5.91 Å². The topological polar surface area (TPSA) is 20.3 Å². The minimum atomic E-state index is 0.153. The molecule has 0 aromatic heterocycles. The van der Waals surface area contributed by atoms with Gasteiger partial charge in [0.25, 0.3) is 0 Å². The van der Waals surface area contributed by atoms with Gasteiger partial charge in [-0.25, -0.2) is 0 Å². The van der Waals surface area contributed by atoms with E-state index in [-0.39, 0.29) is 11.3 Å². The molecule has 0 spiro atoms. The lowest BCUT2D eigenvalue weighted by Crippen LogP contribution is -2.44. The first-order valence-electron chi connectivity index (χ1n) is 7.19. The SMILES string of the molecule is C/C=C/C(=O)N1CCC(CC)(c2ccccc2)CC1. The molecule has 1 fully saturated rings. The molecule has 1 amide bonds. The molecule has 0 saturated carbocycles. The van der Waals surface area contributed by atoms with E-state index in [1.54, 1.807) is 6.08 Å². The Bertz CT molecular complexity index is 442. The first-order valence-corrected chi connectivity index (χ1v) is 7.19. The van der Waals surface area contributed by atoms with E-state index in [9.17, 15) is 4.79 Å². The summed E-state index contributed by atoms with van der Waals surface area (Å²) in [5, 5.41) is 0. The van der Waals surface area contributed by atoms with Crippen LogP contribution in [0, 0.1) is 0 Å². The molecule has 2 rings (SSSR count). The molecule has 2 heteroatoms. The average Bonchev–Trinajstić information content (AvgIpc) is 2.48. The van der Waals surface area contributed by atoms with E-state index >= 15 is 0 Å². The Hall–Kier alpha value is -1.57. The Balaban J connectivity index is 2.10. The minimum absolute atomic E-state index is 0.153. The number of carbonyl (C=O) groups excluding carboxylic acids is 1. The van der Waals surface area contributed by atoms with Crippen molar-refractivity contribution in [3.63, 3.8) is 0 Å². The Labute approximate surface area is 116 Å². The zero-order chi connectivity index (χ0) is 13.7. The van der Waals surface area contributed by atoms with Crippen LogP contribution in [0.3, 0.4) is 0 Å². The summed E-state index contributed by atoms with van der Waals surface area (Å²) >= 11 is 0. The van der Waals surface area contributed by atoms with Crippen molar-refractivity contribution in [2.24, 2.45) is 0 Å². The van der Waals surface area contributed by atoms with Crippen molar-refractivity contribution in [1.29, 1.82) is 0 Å². The highest BCUT2D eigenvalue weighted by atomic mass is 16.2. The third-order valence-corrected chi connectivity index (χ3v) is 4.40. The number of benzene rings is 1. The van der Waals surface area contributed by atoms with E-state index in [2.05, 4.69) is 37.3 Å². The van der Waals surface area contributed by atoms with E-state index in [0.29, 0.717) is 0 Å². The second-order valence-electron chi connectivity index (χ2n) is 5.33. The molecule has 19 heavy (non-hydrogen) atoms. The molecule has 1 aromatic carbocycles. The average molecular weight is 257 g/mol. The van der Waals surface area contributed by atoms with Crippen LogP contribution in [0.5, 0.6) is 0 Å². The fraction of sp³-hybridized carbons (Fsp3) is 0.471. The van der Waals surface area contributed by atoms with E-state index in [4.69, 9.17) is 0 Å². The summed E-state index contributed by atoms with van der Waals surface area (Å²) in [6, 6.07) is 10.8. The van der Waals surface area contributed by atoms with Crippen LogP contribution in [0.2, 0.25) is 0 Å². The molecule has 1 saturated heterocycles. The number of hydrogen-bond acceptors (Lipinski definition) is 1. The van der Waals surface area contributed by atoms with Crippen molar-refractivity contribution < 1.29 is 4.79 Å². The summed E-state index contributed by atoms with van der Waals surface area (Å²) in [7, 11) is 0. The van der Waals surface area contributed by atoms with Crippen LogP contribution in [0.15, 0.2) is 42.5 Å². The number of nitrogens with zero attached hydrogens (tertiary/aromatic N) is 1. The van der Waals surface area contributed by atoms with Crippen LogP contribution in [-0.2, 0) is 10.2 Å². The van der Waals surface area contributed by atoms with Crippen molar-refractivity contribution in [3.05, 3.63) is 48.0 Å². The third kappa shape index (κ3) is 2.89. The van der Waals surface area contributed by atoms with Gasteiger partial charge in [0, 0.05) is 13.1 Å². The number of allylic oxidation sites excluding steroid dienone is 1. The minimum Gasteiger partial charge on any atom is -0.339 e. The number of rotatable bonds is 3. The molecule has 0 N–H and O–H groups in total. The van der Waals surface area contributed by atoms with Gasteiger partial charge in [-0.1, -0.05) is 43.3 Å². The van der Waals surface area contributed by atoms with E-state index in [0.717, 1.165) is 32.4 Å². The lowest BCUT2D eigenvalue weighted by molar-refractivity contribution is -0.127. The summed E-state index contributed by atoms with van der Waals surface area (Å²) in [6.07, 6.45) is 6.76. The normalized spacial score (nSPS) is 18.7. The molecule has 0 unspecified atom stereocenters. The van der Waals surface area contributed by atoms with Crippen molar-refractivity contribution in [3.8, 4) is 0 Å². The molecule has 0 atom stereocenters. The standard InChI is InChI=1S/C17H23NO/c1-3-8-16(19)18-13-11-17(4-2,12-14-18)15-9-6-5-7-10-15/h3,5-10H,4,11-14H2,1-2H3/b8-3+. The molecule has 1 aromatic rings. The maximum Gasteiger partial charge on any atom is 0.246 e. The van der Waals surface area contributed by atoms with Crippen LogP contribution in [0.1, 0.15) is 38.7 Å². The van der Waals surface area contributed by atoms with Gasteiger partial charge >= 0.3 is 0 Å². The summed E-state index contributed by atoms with van der Waals surface area (Å²) in [4.78, 5) is 13.8. The number of piperidine rings is 1. The predicted molar refractivity (Wildman–Crippen MR) is 79.0 cm³/mol. The van der Waals surface area contributed by atoms with Crippen LogP contribution < -0.4 is 0 Å². The van der Waals surface area contributed by atoms with Gasteiger partial charge in [0.05, 0.1) is 0 Å². The maximum absolute atomic E-state index is 11.9. The highest BCUT2D eigenvalue weighted by Crippen LogP contribution is 2.38. The summed E-state index contributed by atoms with van der Waals surface area (Å²) in [6.45, 7) is 5.89. The van der Waals surface area contributed by atoms with Crippen LogP contribution in [-0.4, -0.2) is 23.9 Å². The van der Waals surface area contributed by atoms with Crippen molar-refractivity contribution in [1.82, 2.24) is 4.90 Å². The van der Waals surface area contributed by atoms with Crippen molar-refractivity contribution >= 4 is 5.91 Å². The number of likely N-dealkylation sites (tertiary alicyclic amines) is 1. The molecule has 1 heterocycles. The molecule has 1 aliphatic heterocycles. The van der Waals surface area contributed by atoms with Gasteiger partial charge in [-0.05, 0) is 43.2 Å². The number of carbonyl (C=O) groups is 1. The molecule has 0 bridgehead atoms. The molecule has 1 aliphatic rings. The predicted octanol–water partition coefficient (Wildman–Crippen LogP) is 3.53. The lowest BCUT2D eigenvalue weighted by Gasteiger charge is -2.41.